The Morgan fingerprint density at radius 2 is 1.68 bits per heavy atom. The molecule has 0 spiro atoms. The van der Waals surface area contributed by atoms with E-state index in [1.807, 2.05) is 74.5 Å². The van der Waals surface area contributed by atoms with Crippen molar-refractivity contribution in [1.82, 2.24) is 9.80 Å². The molecule has 3 aromatic carbocycles. The summed E-state index contributed by atoms with van der Waals surface area (Å²) < 4.78 is 17.1. The Morgan fingerprint density at radius 1 is 0.925 bits per heavy atom. The molecule has 2 fully saturated rings. The van der Waals surface area contributed by atoms with Gasteiger partial charge in [0.1, 0.15) is 23.0 Å². The summed E-state index contributed by atoms with van der Waals surface area (Å²) in [4.78, 5) is 30.7. The molecule has 1 atom stereocenters. The standard InChI is InChI=1S/C32H34N2O6/c1-3-39-25-12-13-27(22(2)20-25)30(35)28-29(23-8-7-11-26(21-23)40-24-9-5-4-6-10-24)34(32(37)31(28)36)15-14-33-16-18-38-19-17-33/h4-13,20-21,29,35H,3,14-19H2,1-2H3/t29-/m0/s1. The number of morpholine rings is 1. The molecular formula is C32H34N2O6. The number of amides is 1. The van der Waals surface area contributed by atoms with E-state index in [2.05, 4.69) is 4.90 Å². The lowest BCUT2D eigenvalue weighted by molar-refractivity contribution is -0.140. The highest BCUT2D eigenvalue weighted by Crippen LogP contribution is 2.41. The minimum Gasteiger partial charge on any atom is -0.507 e. The van der Waals surface area contributed by atoms with Gasteiger partial charge in [-0.15, -0.1) is 0 Å². The number of carbonyl (C=O) groups is 2. The monoisotopic (exact) mass is 542 g/mol. The molecule has 0 bridgehead atoms. The molecule has 2 heterocycles. The molecule has 8 heteroatoms. The number of aliphatic hydroxyl groups is 1. The fraction of sp³-hybridized carbons (Fsp3) is 0.312. The molecule has 3 aromatic rings. The van der Waals surface area contributed by atoms with Crippen LogP contribution in [0.5, 0.6) is 17.2 Å². The van der Waals surface area contributed by atoms with Crippen LogP contribution in [-0.2, 0) is 14.3 Å². The summed E-state index contributed by atoms with van der Waals surface area (Å²) in [5.41, 5.74) is 1.97. The first kappa shape index (κ1) is 27.4. The second kappa shape index (κ2) is 12.4. The number of carbonyl (C=O) groups excluding carboxylic acids is 2. The molecule has 2 aliphatic rings. The molecule has 40 heavy (non-hydrogen) atoms. The lowest BCUT2D eigenvalue weighted by Gasteiger charge is -2.31. The quantitative estimate of drug-likeness (QED) is 0.233. The van der Waals surface area contributed by atoms with Gasteiger partial charge in [-0.1, -0.05) is 30.3 Å². The zero-order chi connectivity index (χ0) is 28.1. The maximum Gasteiger partial charge on any atom is 0.295 e. The predicted octanol–water partition coefficient (Wildman–Crippen LogP) is 4.94. The summed E-state index contributed by atoms with van der Waals surface area (Å²) in [5, 5.41) is 11.6. The van der Waals surface area contributed by atoms with Crippen LogP contribution in [0, 0.1) is 6.92 Å². The van der Waals surface area contributed by atoms with Gasteiger partial charge in [-0.3, -0.25) is 14.5 Å². The van der Waals surface area contributed by atoms with E-state index in [4.69, 9.17) is 14.2 Å². The summed E-state index contributed by atoms with van der Waals surface area (Å²) in [5.74, 6) is 0.382. The molecule has 0 aromatic heterocycles. The van der Waals surface area contributed by atoms with Crippen molar-refractivity contribution in [3.05, 3.63) is 95.1 Å². The van der Waals surface area contributed by atoms with E-state index < -0.39 is 17.7 Å². The lowest BCUT2D eigenvalue weighted by atomic mass is 9.93. The number of nitrogens with zero attached hydrogens (tertiary/aromatic N) is 2. The van der Waals surface area contributed by atoms with Crippen molar-refractivity contribution < 1.29 is 28.9 Å². The Hall–Kier alpha value is -4.14. The average Bonchev–Trinajstić information content (AvgIpc) is 3.22. The number of para-hydroxylation sites is 1. The second-order valence-electron chi connectivity index (χ2n) is 9.84. The van der Waals surface area contributed by atoms with E-state index in [0.717, 1.165) is 18.7 Å². The average molecular weight is 543 g/mol. The van der Waals surface area contributed by atoms with E-state index in [-0.39, 0.29) is 11.3 Å². The maximum absolute atomic E-state index is 13.5. The van der Waals surface area contributed by atoms with Crippen molar-refractivity contribution in [2.75, 3.05) is 46.0 Å². The van der Waals surface area contributed by atoms with Crippen LogP contribution in [0.3, 0.4) is 0 Å². The van der Waals surface area contributed by atoms with Crippen LogP contribution in [0.4, 0.5) is 0 Å². The normalized spacial score (nSPS) is 19.1. The Balaban J connectivity index is 1.55. The van der Waals surface area contributed by atoms with Crippen LogP contribution < -0.4 is 9.47 Å². The summed E-state index contributed by atoms with van der Waals surface area (Å²) in [6, 6.07) is 21.3. The smallest absolute Gasteiger partial charge is 0.295 e. The summed E-state index contributed by atoms with van der Waals surface area (Å²) >= 11 is 0. The number of ketones is 1. The van der Waals surface area contributed by atoms with Gasteiger partial charge in [0.25, 0.3) is 11.7 Å². The largest absolute Gasteiger partial charge is 0.507 e. The number of likely N-dealkylation sites (tertiary alicyclic amines) is 1. The van der Waals surface area contributed by atoms with Gasteiger partial charge in [0.15, 0.2) is 0 Å². The number of benzene rings is 3. The lowest BCUT2D eigenvalue weighted by Crippen LogP contribution is -2.42. The molecule has 2 saturated heterocycles. The molecule has 208 valence electrons. The fourth-order valence-electron chi connectivity index (χ4n) is 5.21. The number of hydrogen-bond acceptors (Lipinski definition) is 7. The third-order valence-corrected chi connectivity index (χ3v) is 7.22. The first-order chi connectivity index (χ1) is 19.5. The van der Waals surface area contributed by atoms with Gasteiger partial charge < -0.3 is 24.2 Å². The van der Waals surface area contributed by atoms with E-state index in [0.29, 0.717) is 61.3 Å². The molecule has 0 radical (unpaired) electrons. The van der Waals surface area contributed by atoms with Crippen LogP contribution in [0.25, 0.3) is 5.76 Å². The van der Waals surface area contributed by atoms with Crippen molar-refractivity contribution in [2.45, 2.75) is 19.9 Å². The molecule has 1 amide bonds. The van der Waals surface area contributed by atoms with Crippen LogP contribution in [0.1, 0.15) is 29.7 Å². The van der Waals surface area contributed by atoms with Gasteiger partial charge in [0.05, 0.1) is 31.4 Å². The zero-order valence-corrected chi connectivity index (χ0v) is 22.8. The minimum atomic E-state index is -0.772. The summed E-state index contributed by atoms with van der Waals surface area (Å²) in [6.07, 6.45) is 0. The number of aryl methyl sites for hydroxylation is 1. The Bertz CT molecular complexity index is 1400. The fourth-order valence-corrected chi connectivity index (χ4v) is 5.21. The van der Waals surface area contributed by atoms with Crippen LogP contribution in [0.15, 0.2) is 78.4 Å². The van der Waals surface area contributed by atoms with E-state index >= 15 is 0 Å². The minimum absolute atomic E-state index is 0.0658. The van der Waals surface area contributed by atoms with Crippen molar-refractivity contribution in [3.63, 3.8) is 0 Å². The van der Waals surface area contributed by atoms with Crippen LogP contribution in [0.2, 0.25) is 0 Å². The molecule has 0 saturated carbocycles. The highest BCUT2D eigenvalue weighted by Gasteiger charge is 2.46. The molecular weight excluding hydrogens is 508 g/mol. The van der Waals surface area contributed by atoms with Crippen molar-refractivity contribution in [1.29, 1.82) is 0 Å². The van der Waals surface area contributed by atoms with Crippen molar-refractivity contribution in [3.8, 4) is 17.2 Å². The van der Waals surface area contributed by atoms with Crippen molar-refractivity contribution in [2.24, 2.45) is 0 Å². The SMILES string of the molecule is CCOc1ccc(C(O)=C2C(=O)C(=O)N(CCN3CCOCC3)[C@H]2c2cccc(Oc3ccccc3)c2)c(C)c1. The zero-order valence-electron chi connectivity index (χ0n) is 22.8. The van der Waals surface area contributed by atoms with Crippen LogP contribution >= 0.6 is 0 Å². The number of Topliss-reactive ketones (excluding diaryl/α,β-unsaturated/α-hetero) is 1. The summed E-state index contributed by atoms with van der Waals surface area (Å²) in [6.45, 7) is 7.98. The van der Waals surface area contributed by atoms with Gasteiger partial charge in [-0.05, 0) is 67.4 Å². The highest BCUT2D eigenvalue weighted by molar-refractivity contribution is 6.46. The second-order valence-corrected chi connectivity index (χ2v) is 9.84. The topological polar surface area (TPSA) is 88.5 Å². The van der Waals surface area contributed by atoms with Gasteiger partial charge in [0.2, 0.25) is 0 Å². The first-order valence-electron chi connectivity index (χ1n) is 13.6. The van der Waals surface area contributed by atoms with Gasteiger partial charge in [-0.2, -0.15) is 0 Å². The molecule has 0 unspecified atom stereocenters. The Kier molecular flexibility index (Phi) is 8.48. The van der Waals surface area contributed by atoms with Gasteiger partial charge in [-0.25, -0.2) is 0 Å². The van der Waals surface area contributed by atoms with Crippen molar-refractivity contribution >= 4 is 17.4 Å². The Morgan fingerprint density at radius 3 is 2.40 bits per heavy atom. The number of hydrogen-bond donors (Lipinski definition) is 1. The Labute approximate surface area is 234 Å². The van der Waals surface area contributed by atoms with E-state index in [1.165, 1.54) is 0 Å². The van der Waals surface area contributed by atoms with E-state index in [9.17, 15) is 14.7 Å². The molecule has 1 N–H and O–H groups in total. The molecule has 0 aliphatic carbocycles. The highest BCUT2D eigenvalue weighted by atomic mass is 16.5. The third kappa shape index (κ3) is 5.88. The molecule has 5 rings (SSSR count). The predicted molar refractivity (Wildman–Crippen MR) is 152 cm³/mol. The van der Waals surface area contributed by atoms with Gasteiger partial charge in [0, 0.05) is 31.7 Å². The third-order valence-electron chi connectivity index (χ3n) is 7.22. The molecule has 2 aliphatic heterocycles. The molecule has 8 nitrogen and oxygen atoms in total. The van der Waals surface area contributed by atoms with E-state index in [1.54, 1.807) is 17.0 Å². The number of ether oxygens (including phenoxy) is 3. The first-order valence-corrected chi connectivity index (χ1v) is 13.6. The van der Waals surface area contributed by atoms with Gasteiger partial charge >= 0.3 is 0 Å². The van der Waals surface area contributed by atoms with Crippen LogP contribution in [-0.4, -0.2) is 72.6 Å². The number of aliphatic hydroxyl groups excluding tert-OH is 1. The summed E-state index contributed by atoms with van der Waals surface area (Å²) in [7, 11) is 0. The maximum atomic E-state index is 13.5. The number of rotatable bonds is 9.